The van der Waals surface area contributed by atoms with E-state index in [1.807, 2.05) is 7.05 Å². The molecule has 25 heavy (non-hydrogen) atoms. The molecule has 0 saturated heterocycles. The molecular weight excluding hydrogens is 443 g/mol. The van der Waals surface area contributed by atoms with E-state index in [0.717, 1.165) is 37.6 Å². The van der Waals surface area contributed by atoms with Gasteiger partial charge in [-0.3, -0.25) is 4.99 Å². The zero-order valence-electron chi connectivity index (χ0n) is 15.8. The van der Waals surface area contributed by atoms with Crippen LogP contribution in [0.2, 0.25) is 0 Å². The largest absolute Gasteiger partial charge is 0.356 e. The highest BCUT2D eigenvalue weighted by atomic mass is 127. The van der Waals surface area contributed by atoms with Crippen molar-refractivity contribution in [3.05, 3.63) is 50.5 Å². The first kappa shape index (κ1) is 21.9. The van der Waals surface area contributed by atoms with Gasteiger partial charge in [-0.05, 0) is 39.7 Å². The topological polar surface area (TPSA) is 49.3 Å². The van der Waals surface area contributed by atoms with Gasteiger partial charge < -0.3 is 10.6 Å². The summed E-state index contributed by atoms with van der Waals surface area (Å²) in [6.45, 7) is 10.2. The van der Waals surface area contributed by atoms with Crippen molar-refractivity contribution in [3.8, 4) is 0 Å². The molecule has 0 aliphatic heterocycles. The number of hydrogen-bond donors (Lipinski definition) is 2. The van der Waals surface area contributed by atoms with Gasteiger partial charge in [0.1, 0.15) is 0 Å². The third-order valence-electron chi connectivity index (χ3n) is 3.92. The molecule has 2 N–H and O–H groups in total. The van der Waals surface area contributed by atoms with Crippen molar-refractivity contribution in [2.24, 2.45) is 4.99 Å². The number of aromatic nitrogens is 1. The first-order valence-electron chi connectivity index (χ1n) is 8.42. The number of aryl methyl sites for hydroxylation is 4. The van der Waals surface area contributed by atoms with E-state index >= 15 is 0 Å². The van der Waals surface area contributed by atoms with Gasteiger partial charge in [0, 0.05) is 31.4 Å². The van der Waals surface area contributed by atoms with E-state index in [2.05, 4.69) is 66.5 Å². The van der Waals surface area contributed by atoms with Crippen LogP contribution in [0.1, 0.15) is 32.3 Å². The summed E-state index contributed by atoms with van der Waals surface area (Å²) in [5, 5.41) is 7.93. The molecule has 0 unspecified atom stereocenters. The number of rotatable bonds is 6. The van der Waals surface area contributed by atoms with E-state index < -0.39 is 0 Å². The summed E-state index contributed by atoms with van der Waals surface area (Å²) in [7, 11) is 1.81. The molecule has 0 radical (unpaired) electrons. The summed E-state index contributed by atoms with van der Waals surface area (Å²) in [4.78, 5) is 10.2. The van der Waals surface area contributed by atoms with E-state index in [0.29, 0.717) is 0 Å². The van der Waals surface area contributed by atoms with Gasteiger partial charge in [0.2, 0.25) is 0 Å². The van der Waals surface area contributed by atoms with Crippen molar-refractivity contribution in [2.45, 2.75) is 40.5 Å². The van der Waals surface area contributed by atoms with E-state index in [1.165, 1.54) is 26.6 Å². The van der Waals surface area contributed by atoms with Crippen LogP contribution in [0.15, 0.2) is 23.2 Å². The standard InChI is InChI=1S/C19H28N4S.HI/c1-13-10-14(2)12-17(11-13)6-8-21-19(20-5)22-9-7-18-23-15(3)16(4)24-18;/h10-12H,6-9H2,1-5H3,(H2,20,21,22);1H. The number of thiazole rings is 1. The average molecular weight is 472 g/mol. The smallest absolute Gasteiger partial charge is 0.191 e. The summed E-state index contributed by atoms with van der Waals surface area (Å²) >= 11 is 1.78. The molecular formula is C19H29IN4S. The normalized spacial score (nSPS) is 11.2. The van der Waals surface area contributed by atoms with E-state index in [9.17, 15) is 0 Å². The molecule has 138 valence electrons. The van der Waals surface area contributed by atoms with E-state index in [1.54, 1.807) is 11.3 Å². The molecule has 6 heteroatoms. The van der Waals surface area contributed by atoms with Crippen LogP contribution in [-0.4, -0.2) is 31.1 Å². The molecule has 0 bridgehead atoms. The van der Waals surface area contributed by atoms with E-state index in [-0.39, 0.29) is 24.0 Å². The lowest BCUT2D eigenvalue weighted by Crippen LogP contribution is -2.39. The maximum Gasteiger partial charge on any atom is 0.191 e. The highest BCUT2D eigenvalue weighted by Crippen LogP contribution is 2.16. The number of aliphatic imine (C=N–C) groups is 1. The number of benzene rings is 1. The van der Waals surface area contributed by atoms with Crippen molar-refractivity contribution < 1.29 is 0 Å². The molecule has 0 amide bonds. The molecule has 2 aromatic rings. The third-order valence-corrected chi connectivity index (χ3v) is 5.05. The molecule has 0 saturated carbocycles. The minimum atomic E-state index is 0. The van der Waals surface area contributed by atoms with Crippen molar-refractivity contribution in [2.75, 3.05) is 20.1 Å². The second-order valence-electron chi connectivity index (χ2n) is 6.17. The maximum atomic E-state index is 4.57. The Morgan fingerprint density at radius 3 is 2.12 bits per heavy atom. The fourth-order valence-electron chi connectivity index (χ4n) is 2.69. The fraction of sp³-hybridized carbons (Fsp3) is 0.474. The lowest BCUT2D eigenvalue weighted by Gasteiger charge is -2.12. The summed E-state index contributed by atoms with van der Waals surface area (Å²) in [5.41, 5.74) is 5.15. The molecule has 1 heterocycles. The van der Waals surface area contributed by atoms with Gasteiger partial charge in [-0.2, -0.15) is 0 Å². The predicted molar refractivity (Wildman–Crippen MR) is 120 cm³/mol. The maximum absolute atomic E-state index is 4.57. The Labute approximate surface area is 172 Å². The number of guanidine groups is 1. The Kier molecular flexibility index (Phi) is 9.42. The fourth-order valence-corrected chi connectivity index (χ4v) is 3.63. The number of hydrogen-bond acceptors (Lipinski definition) is 3. The van der Waals surface area contributed by atoms with Gasteiger partial charge in [-0.1, -0.05) is 29.3 Å². The molecule has 1 aromatic heterocycles. The highest BCUT2D eigenvalue weighted by Gasteiger charge is 2.04. The summed E-state index contributed by atoms with van der Waals surface area (Å²) in [6.07, 6.45) is 1.92. The predicted octanol–water partition coefficient (Wildman–Crippen LogP) is 3.94. The SMILES string of the molecule is CN=C(NCCc1cc(C)cc(C)c1)NCCc1nc(C)c(C)s1.I. The van der Waals surface area contributed by atoms with Crippen molar-refractivity contribution >= 4 is 41.3 Å². The minimum absolute atomic E-state index is 0. The Morgan fingerprint density at radius 2 is 1.60 bits per heavy atom. The van der Waals surface area contributed by atoms with Gasteiger partial charge in [-0.25, -0.2) is 4.98 Å². The second-order valence-corrected chi connectivity index (χ2v) is 7.46. The first-order valence-corrected chi connectivity index (χ1v) is 9.24. The molecule has 0 fully saturated rings. The number of nitrogens with one attached hydrogen (secondary N) is 2. The third kappa shape index (κ3) is 7.32. The zero-order valence-corrected chi connectivity index (χ0v) is 18.9. The first-order chi connectivity index (χ1) is 11.5. The van der Waals surface area contributed by atoms with Gasteiger partial charge in [0.15, 0.2) is 5.96 Å². The molecule has 2 rings (SSSR count). The lowest BCUT2D eigenvalue weighted by atomic mass is 10.1. The molecule has 1 aromatic carbocycles. The molecule has 0 aliphatic carbocycles. The Balaban J connectivity index is 0.00000312. The average Bonchev–Trinajstić information content (AvgIpc) is 2.83. The van der Waals surface area contributed by atoms with Crippen LogP contribution in [0.25, 0.3) is 0 Å². The monoisotopic (exact) mass is 472 g/mol. The summed E-state index contributed by atoms with van der Waals surface area (Å²) in [6, 6.07) is 6.70. The summed E-state index contributed by atoms with van der Waals surface area (Å²) < 4.78 is 0. The number of nitrogens with zero attached hydrogens (tertiary/aromatic N) is 2. The zero-order chi connectivity index (χ0) is 17.5. The Hall–Kier alpha value is -1.15. The van der Waals surface area contributed by atoms with Crippen LogP contribution in [0.5, 0.6) is 0 Å². The van der Waals surface area contributed by atoms with E-state index in [4.69, 9.17) is 0 Å². The van der Waals surface area contributed by atoms with Crippen molar-refractivity contribution in [3.63, 3.8) is 0 Å². The van der Waals surface area contributed by atoms with Crippen LogP contribution >= 0.6 is 35.3 Å². The number of halogens is 1. The Bertz CT molecular complexity index is 670. The lowest BCUT2D eigenvalue weighted by molar-refractivity contribution is 0.781. The second kappa shape index (κ2) is 10.8. The molecule has 0 spiro atoms. The summed E-state index contributed by atoms with van der Waals surface area (Å²) in [5.74, 6) is 0.851. The Morgan fingerprint density at radius 1 is 1.00 bits per heavy atom. The van der Waals surface area contributed by atoms with Crippen molar-refractivity contribution in [1.29, 1.82) is 0 Å². The van der Waals surface area contributed by atoms with Gasteiger partial charge >= 0.3 is 0 Å². The van der Waals surface area contributed by atoms with Crippen LogP contribution in [0, 0.1) is 27.7 Å². The molecule has 0 aliphatic rings. The highest BCUT2D eigenvalue weighted by molar-refractivity contribution is 14.0. The van der Waals surface area contributed by atoms with Crippen LogP contribution in [0.3, 0.4) is 0 Å². The van der Waals surface area contributed by atoms with Gasteiger partial charge in [0.25, 0.3) is 0 Å². The molecule has 4 nitrogen and oxygen atoms in total. The van der Waals surface area contributed by atoms with Crippen LogP contribution in [0.4, 0.5) is 0 Å². The van der Waals surface area contributed by atoms with Crippen molar-refractivity contribution in [1.82, 2.24) is 15.6 Å². The molecule has 0 atom stereocenters. The van der Waals surface area contributed by atoms with Crippen LogP contribution in [-0.2, 0) is 12.8 Å². The van der Waals surface area contributed by atoms with Gasteiger partial charge in [0.05, 0.1) is 10.7 Å². The van der Waals surface area contributed by atoms with Crippen LogP contribution < -0.4 is 10.6 Å². The van der Waals surface area contributed by atoms with Gasteiger partial charge in [-0.15, -0.1) is 35.3 Å². The quantitative estimate of drug-likeness (QED) is 0.381. The minimum Gasteiger partial charge on any atom is -0.356 e.